The number of carbonyl (C=O) groups excluding carboxylic acids is 2. The fourth-order valence-corrected chi connectivity index (χ4v) is 3.88. The van der Waals surface area contributed by atoms with Crippen molar-refractivity contribution in [1.82, 2.24) is 4.90 Å². The zero-order chi connectivity index (χ0) is 20.4. The minimum absolute atomic E-state index is 0.0563. The fraction of sp³-hybridized carbons (Fsp3) is 0.364. The third-order valence-electron chi connectivity index (χ3n) is 5.25. The Morgan fingerprint density at radius 1 is 0.931 bits per heavy atom. The summed E-state index contributed by atoms with van der Waals surface area (Å²) in [5, 5.41) is 0.400. The number of Topliss-reactive ketones (excluding diaryl/α,β-unsaturated/α-hetero) is 1. The van der Waals surface area contributed by atoms with Crippen LogP contribution >= 0.6 is 11.6 Å². The summed E-state index contributed by atoms with van der Waals surface area (Å²) in [6.45, 7) is 5.33. The molecule has 0 radical (unpaired) electrons. The van der Waals surface area contributed by atoms with Crippen molar-refractivity contribution in [1.29, 1.82) is 0 Å². The van der Waals surface area contributed by atoms with Crippen LogP contribution in [-0.4, -0.2) is 56.0 Å². The van der Waals surface area contributed by atoms with Gasteiger partial charge in [0.2, 0.25) is 0 Å². The van der Waals surface area contributed by atoms with Gasteiger partial charge < -0.3 is 19.3 Å². The van der Waals surface area contributed by atoms with Crippen LogP contribution in [0.2, 0.25) is 5.02 Å². The Morgan fingerprint density at radius 2 is 1.62 bits per heavy atom. The van der Waals surface area contributed by atoms with Gasteiger partial charge in [-0.25, -0.2) is 0 Å². The molecule has 0 spiro atoms. The molecule has 0 aromatic heterocycles. The zero-order valence-corrected chi connectivity index (χ0v) is 17.1. The van der Waals surface area contributed by atoms with Gasteiger partial charge in [0.05, 0.1) is 18.2 Å². The maximum absolute atomic E-state index is 13.0. The molecule has 152 valence electrons. The molecule has 2 aliphatic heterocycles. The van der Waals surface area contributed by atoms with Gasteiger partial charge in [-0.15, -0.1) is 0 Å². The molecular formula is C22H23ClN2O4. The van der Waals surface area contributed by atoms with Crippen molar-refractivity contribution in [2.45, 2.75) is 13.3 Å². The summed E-state index contributed by atoms with van der Waals surface area (Å²) < 4.78 is 11.3. The first-order chi connectivity index (χ1) is 14.0. The second-order valence-electron chi connectivity index (χ2n) is 7.22. The molecule has 0 N–H and O–H groups in total. The van der Waals surface area contributed by atoms with Gasteiger partial charge in [0.25, 0.3) is 5.91 Å². The molecule has 2 aliphatic rings. The number of hydrogen-bond donors (Lipinski definition) is 0. The molecule has 4 rings (SSSR count). The monoisotopic (exact) mass is 414 g/mol. The third-order valence-corrected chi connectivity index (χ3v) is 5.54. The van der Waals surface area contributed by atoms with Gasteiger partial charge in [0.15, 0.2) is 17.3 Å². The van der Waals surface area contributed by atoms with Gasteiger partial charge in [0, 0.05) is 49.4 Å². The van der Waals surface area contributed by atoms with Gasteiger partial charge >= 0.3 is 0 Å². The van der Waals surface area contributed by atoms with Crippen LogP contribution in [0.15, 0.2) is 36.4 Å². The van der Waals surface area contributed by atoms with E-state index in [-0.39, 0.29) is 11.7 Å². The summed E-state index contributed by atoms with van der Waals surface area (Å²) in [6.07, 6.45) is 0.781. The fourth-order valence-electron chi connectivity index (χ4n) is 3.61. The predicted molar refractivity (Wildman–Crippen MR) is 112 cm³/mol. The lowest BCUT2D eigenvalue weighted by atomic mass is 10.1. The average molecular weight is 415 g/mol. The Balaban J connectivity index is 1.43. The van der Waals surface area contributed by atoms with E-state index in [9.17, 15) is 9.59 Å². The molecule has 29 heavy (non-hydrogen) atoms. The van der Waals surface area contributed by atoms with Crippen molar-refractivity contribution in [2.24, 2.45) is 0 Å². The molecule has 0 bridgehead atoms. The lowest BCUT2D eigenvalue weighted by Gasteiger charge is -2.36. The SMILES string of the molecule is CC(=O)c1ccc(N2CCN(C(=O)c3cc(Cl)c4c(c3)OCCCO4)CC2)cc1. The van der Waals surface area contributed by atoms with Crippen LogP contribution in [0.5, 0.6) is 11.5 Å². The van der Waals surface area contributed by atoms with Crippen LogP contribution in [0, 0.1) is 0 Å². The van der Waals surface area contributed by atoms with E-state index in [1.54, 1.807) is 19.1 Å². The molecule has 1 fully saturated rings. The minimum Gasteiger partial charge on any atom is -0.489 e. The molecule has 0 atom stereocenters. The number of nitrogens with zero attached hydrogens (tertiary/aromatic N) is 2. The zero-order valence-electron chi connectivity index (χ0n) is 16.3. The van der Waals surface area contributed by atoms with Gasteiger partial charge in [-0.05, 0) is 43.3 Å². The number of amides is 1. The van der Waals surface area contributed by atoms with Crippen molar-refractivity contribution in [2.75, 3.05) is 44.3 Å². The molecule has 1 saturated heterocycles. The Bertz CT molecular complexity index is 921. The molecule has 6 nitrogen and oxygen atoms in total. The van der Waals surface area contributed by atoms with E-state index in [0.717, 1.165) is 25.2 Å². The smallest absolute Gasteiger partial charge is 0.254 e. The molecule has 2 aromatic rings. The molecule has 2 heterocycles. The lowest BCUT2D eigenvalue weighted by Crippen LogP contribution is -2.48. The molecule has 0 saturated carbocycles. The Morgan fingerprint density at radius 3 is 2.31 bits per heavy atom. The van der Waals surface area contributed by atoms with Gasteiger partial charge in [-0.2, -0.15) is 0 Å². The van der Waals surface area contributed by atoms with Crippen LogP contribution < -0.4 is 14.4 Å². The number of benzene rings is 2. The van der Waals surface area contributed by atoms with Crippen LogP contribution in [0.25, 0.3) is 0 Å². The summed E-state index contributed by atoms with van der Waals surface area (Å²) in [7, 11) is 0. The van der Waals surface area contributed by atoms with E-state index in [2.05, 4.69) is 4.90 Å². The van der Waals surface area contributed by atoms with Gasteiger partial charge in [-0.3, -0.25) is 9.59 Å². The molecule has 1 amide bonds. The third kappa shape index (κ3) is 4.17. The molecular weight excluding hydrogens is 392 g/mol. The Kier molecular flexibility index (Phi) is 5.62. The number of hydrogen-bond acceptors (Lipinski definition) is 5. The Hall–Kier alpha value is -2.73. The van der Waals surface area contributed by atoms with Crippen LogP contribution in [0.3, 0.4) is 0 Å². The summed E-state index contributed by atoms with van der Waals surface area (Å²) in [5.41, 5.74) is 2.27. The summed E-state index contributed by atoms with van der Waals surface area (Å²) >= 11 is 6.33. The summed E-state index contributed by atoms with van der Waals surface area (Å²) in [6, 6.07) is 11.0. The van der Waals surface area contributed by atoms with E-state index < -0.39 is 0 Å². The standard InChI is InChI=1S/C22H23ClN2O4/c1-15(26)16-3-5-18(6-4-16)24-7-9-25(10-8-24)22(27)17-13-19(23)21-20(14-17)28-11-2-12-29-21/h3-6,13-14H,2,7-12H2,1H3. The highest BCUT2D eigenvalue weighted by Crippen LogP contribution is 2.38. The summed E-state index contributed by atoms with van der Waals surface area (Å²) in [4.78, 5) is 28.5. The topological polar surface area (TPSA) is 59.1 Å². The molecule has 7 heteroatoms. The number of ether oxygens (including phenoxy) is 2. The number of rotatable bonds is 3. The largest absolute Gasteiger partial charge is 0.489 e. The first kappa shape index (κ1) is 19.6. The van der Waals surface area contributed by atoms with E-state index in [1.807, 2.05) is 29.2 Å². The van der Waals surface area contributed by atoms with Crippen LogP contribution in [0.1, 0.15) is 34.1 Å². The van der Waals surface area contributed by atoms with Crippen molar-refractivity contribution in [3.63, 3.8) is 0 Å². The first-order valence-electron chi connectivity index (χ1n) is 9.77. The predicted octanol–water partition coefficient (Wildman–Crippen LogP) is 3.67. The highest BCUT2D eigenvalue weighted by atomic mass is 35.5. The lowest BCUT2D eigenvalue weighted by molar-refractivity contribution is 0.0746. The van der Waals surface area contributed by atoms with E-state index in [0.29, 0.717) is 54.0 Å². The molecule has 0 aliphatic carbocycles. The average Bonchev–Trinajstić information content (AvgIpc) is 2.99. The highest BCUT2D eigenvalue weighted by molar-refractivity contribution is 6.32. The van der Waals surface area contributed by atoms with Crippen molar-refractivity contribution >= 4 is 29.0 Å². The van der Waals surface area contributed by atoms with Gasteiger partial charge in [-0.1, -0.05) is 11.6 Å². The number of piperazine rings is 1. The minimum atomic E-state index is -0.0610. The van der Waals surface area contributed by atoms with Crippen molar-refractivity contribution in [3.05, 3.63) is 52.5 Å². The van der Waals surface area contributed by atoms with Crippen molar-refractivity contribution in [3.8, 4) is 11.5 Å². The van der Waals surface area contributed by atoms with Gasteiger partial charge in [0.1, 0.15) is 0 Å². The molecule has 0 unspecified atom stereocenters. The quantitative estimate of drug-likeness (QED) is 0.717. The normalized spacial score (nSPS) is 16.3. The van der Waals surface area contributed by atoms with E-state index in [4.69, 9.17) is 21.1 Å². The maximum atomic E-state index is 13.0. The van der Waals surface area contributed by atoms with Crippen LogP contribution in [0.4, 0.5) is 5.69 Å². The van der Waals surface area contributed by atoms with Crippen LogP contribution in [-0.2, 0) is 0 Å². The molecule has 2 aromatic carbocycles. The van der Waals surface area contributed by atoms with E-state index in [1.165, 1.54) is 0 Å². The van der Waals surface area contributed by atoms with E-state index >= 15 is 0 Å². The number of fused-ring (bicyclic) bond motifs is 1. The summed E-state index contributed by atoms with van der Waals surface area (Å²) in [5.74, 6) is 1.04. The number of halogens is 1. The second-order valence-corrected chi connectivity index (χ2v) is 7.63. The Labute approximate surface area is 174 Å². The second kappa shape index (κ2) is 8.33. The highest BCUT2D eigenvalue weighted by Gasteiger charge is 2.25. The first-order valence-corrected chi connectivity index (χ1v) is 10.1. The van der Waals surface area contributed by atoms with Crippen molar-refractivity contribution < 1.29 is 19.1 Å². The number of anilines is 1. The maximum Gasteiger partial charge on any atom is 0.254 e. The number of ketones is 1. The number of carbonyl (C=O) groups is 2.